The minimum absolute atomic E-state index is 0.157. The van der Waals surface area contributed by atoms with Gasteiger partial charge < -0.3 is 9.84 Å². The van der Waals surface area contributed by atoms with Gasteiger partial charge in [0.25, 0.3) is 0 Å². The van der Waals surface area contributed by atoms with Crippen LogP contribution in [0.3, 0.4) is 0 Å². The van der Waals surface area contributed by atoms with E-state index >= 15 is 0 Å². The van der Waals surface area contributed by atoms with Crippen molar-refractivity contribution >= 4 is 56.5 Å². The first-order valence-electron chi connectivity index (χ1n) is 6.83. The highest BCUT2D eigenvalue weighted by molar-refractivity contribution is 14.1. The second-order valence-corrected chi connectivity index (χ2v) is 6.81. The van der Waals surface area contributed by atoms with E-state index in [9.17, 15) is 18.0 Å². The molecule has 0 spiro atoms. The molecule has 11 heteroatoms. The first kappa shape index (κ1) is 20.4. The number of nitrogens with one attached hydrogen (secondary N) is 1. The molecule has 2 aromatic rings. The number of hydrogen-bond acceptors (Lipinski definition) is 5. The Morgan fingerprint density at radius 1 is 1.42 bits per heavy atom. The molecule has 6 nitrogen and oxygen atoms in total. The number of benzene rings is 1. The number of carboxylic acids is 1. The van der Waals surface area contributed by atoms with Gasteiger partial charge in [-0.25, -0.2) is 9.78 Å². The molecule has 2 rings (SSSR count). The quantitative estimate of drug-likeness (QED) is 0.321. The maximum absolute atomic E-state index is 12.5. The van der Waals surface area contributed by atoms with Gasteiger partial charge in [0.15, 0.2) is 6.61 Å². The summed E-state index contributed by atoms with van der Waals surface area (Å²) in [5, 5.41) is 12.6. The van der Waals surface area contributed by atoms with Crippen LogP contribution < -0.4 is 10.2 Å². The van der Waals surface area contributed by atoms with E-state index < -0.39 is 24.3 Å². The fraction of sp³-hybridized carbons (Fsp3) is 0.133. The van der Waals surface area contributed by atoms with Gasteiger partial charge in [-0.1, -0.05) is 0 Å². The van der Waals surface area contributed by atoms with Crippen LogP contribution in [0.15, 0.2) is 40.0 Å². The maximum Gasteiger partial charge on any atom is 0.417 e. The Hall–Kier alpha value is -1.89. The van der Waals surface area contributed by atoms with E-state index in [0.29, 0.717) is 25.6 Å². The second-order valence-electron chi connectivity index (χ2n) is 4.80. The van der Waals surface area contributed by atoms with Crippen LogP contribution in [-0.2, 0) is 11.0 Å². The third kappa shape index (κ3) is 5.83. The monoisotopic (exact) mass is 543 g/mol. The molecule has 0 aliphatic rings. The van der Waals surface area contributed by atoms with Crippen LogP contribution in [0.2, 0.25) is 0 Å². The molecule has 0 saturated carbocycles. The molecular formula is C15H10BrF3IN3O3. The molecule has 0 bridgehead atoms. The van der Waals surface area contributed by atoms with Crippen molar-refractivity contribution in [1.82, 2.24) is 4.98 Å². The molecule has 0 unspecified atom stereocenters. The Labute approximate surface area is 167 Å². The Kier molecular flexibility index (Phi) is 6.81. The number of rotatable bonds is 6. The second kappa shape index (κ2) is 8.66. The number of carboxylic acid groups (broad SMARTS) is 1. The Balaban J connectivity index is 2.05. The van der Waals surface area contributed by atoms with Gasteiger partial charge in [0, 0.05) is 6.20 Å². The highest BCUT2D eigenvalue weighted by Gasteiger charge is 2.30. The lowest BCUT2D eigenvalue weighted by Gasteiger charge is -2.09. The summed E-state index contributed by atoms with van der Waals surface area (Å²) in [5.74, 6) is -0.543. The van der Waals surface area contributed by atoms with Crippen molar-refractivity contribution in [1.29, 1.82) is 0 Å². The van der Waals surface area contributed by atoms with Gasteiger partial charge in [-0.15, -0.1) is 0 Å². The number of aromatic nitrogens is 1. The SMILES string of the molecule is O=C(O)COc1c(Br)cc(/C=N\Nc2ccc(C(F)(F)F)cn2)cc1I. The molecule has 2 N–H and O–H groups in total. The van der Waals surface area contributed by atoms with Crippen molar-refractivity contribution in [3.8, 4) is 5.75 Å². The first-order chi connectivity index (χ1) is 12.2. The molecule has 1 aromatic heterocycles. The lowest BCUT2D eigenvalue weighted by Crippen LogP contribution is -2.10. The van der Waals surface area contributed by atoms with Crippen molar-refractivity contribution < 1.29 is 27.8 Å². The fourth-order valence-corrected chi connectivity index (χ4v) is 3.50. The smallest absolute Gasteiger partial charge is 0.417 e. The number of pyridine rings is 1. The number of carbonyl (C=O) groups is 1. The van der Waals surface area contributed by atoms with Crippen molar-refractivity contribution in [3.63, 3.8) is 0 Å². The third-order valence-corrected chi connectivity index (χ3v) is 4.23. The summed E-state index contributed by atoms with van der Waals surface area (Å²) in [6.45, 7) is -0.469. The topological polar surface area (TPSA) is 83.8 Å². The van der Waals surface area contributed by atoms with Crippen molar-refractivity contribution in [2.75, 3.05) is 12.0 Å². The standard InChI is InChI=1S/C15H10BrF3IN3O3/c16-10-3-8(4-11(20)14(10)26-7-13(24)25)5-22-23-12-2-1-9(6-21-12)15(17,18)19/h1-6H,7H2,(H,21,23)(H,24,25)/b22-5-. The highest BCUT2D eigenvalue weighted by Crippen LogP contribution is 2.32. The van der Waals surface area contributed by atoms with Crippen LogP contribution in [0.4, 0.5) is 19.0 Å². The van der Waals surface area contributed by atoms with Crippen molar-refractivity contribution in [2.45, 2.75) is 6.18 Å². The molecule has 0 aliphatic carbocycles. The zero-order chi connectivity index (χ0) is 19.3. The number of nitrogens with zero attached hydrogens (tertiary/aromatic N) is 2. The molecule has 0 saturated heterocycles. The summed E-state index contributed by atoms with van der Waals surface area (Å²) in [6.07, 6.45) is -2.29. The van der Waals surface area contributed by atoms with Gasteiger partial charge in [0.1, 0.15) is 11.6 Å². The van der Waals surface area contributed by atoms with Gasteiger partial charge in [-0.3, -0.25) is 5.43 Å². The van der Waals surface area contributed by atoms with Gasteiger partial charge in [0.05, 0.1) is 19.8 Å². The van der Waals surface area contributed by atoms with Crippen LogP contribution in [0.25, 0.3) is 0 Å². The number of alkyl halides is 3. The van der Waals surface area contributed by atoms with E-state index in [1.54, 1.807) is 12.1 Å². The molecule has 1 heterocycles. The van der Waals surface area contributed by atoms with E-state index in [4.69, 9.17) is 9.84 Å². The zero-order valence-corrected chi connectivity index (χ0v) is 16.5. The number of anilines is 1. The largest absolute Gasteiger partial charge is 0.480 e. The highest BCUT2D eigenvalue weighted by atomic mass is 127. The Morgan fingerprint density at radius 2 is 2.15 bits per heavy atom. The Bertz CT molecular complexity index is 806. The summed E-state index contributed by atoms with van der Waals surface area (Å²) in [6, 6.07) is 5.43. The zero-order valence-electron chi connectivity index (χ0n) is 12.7. The van der Waals surface area contributed by atoms with E-state index in [2.05, 4.69) is 31.4 Å². The molecule has 0 amide bonds. The summed E-state index contributed by atoms with van der Waals surface area (Å²) in [5.41, 5.74) is 2.34. The predicted octanol–water partition coefficient (Wildman–Crippen LogP) is 4.38. The summed E-state index contributed by atoms with van der Waals surface area (Å²) in [7, 11) is 0. The summed E-state index contributed by atoms with van der Waals surface area (Å²) >= 11 is 5.27. The summed E-state index contributed by atoms with van der Waals surface area (Å²) < 4.78 is 43.8. The van der Waals surface area contributed by atoms with Crippen LogP contribution in [0, 0.1) is 3.57 Å². The Morgan fingerprint density at radius 3 is 2.69 bits per heavy atom. The van der Waals surface area contributed by atoms with E-state index in [0.717, 1.165) is 6.07 Å². The molecule has 138 valence electrons. The normalized spacial score (nSPS) is 11.6. The van der Waals surface area contributed by atoms with Crippen molar-refractivity contribution in [2.24, 2.45) is 5.10 Å². The van der Waals surface area contributed by atoms with Gasteiger partial charge >= 0.3 is 12.1 Å². The maximum atomic E-state index is 12.5. The van der Waals surface area contributed by atoms with Crippen molar-refractivity contribution in [3.05, 3.63) is 49.6 Å². The molecule has 0 aliphatic heterocycles. The van der Waals surface area contributed by atoms with E-state index in [1.165, 1.54) is 12.3 Å². The van der Waals surface area contributed by atoms with Crippen LogP contribution in [0.5, 0.6) is 5.75 Å². The van der Waals surface area contributed by atoms with Crippen LogP contribution >= 0.6 is 38.5 Å². The molecule has 1 aromatic carbocycles. The number of hydrogen-bond donors (Lipinski definition) is 2. The minimum Gasteiger partial charge on any atom is -0.480 e. The van der Waals surface area contributed by atoms with Crippen LogP contribution in [0.1, 0.15) is 11.1 Å². The average Bonchev–Trinajstić information content (AvgIpc) is 2.53. The number of ether oxygens (including phenoxy) is 1. The van der Waals surface area contributed by atoms with E-state index in [-0.39, 0.29) is 5.82 Å². The number of aliphatic carboxylic acids is 1. The van der Waals surface area contributed by atoms with Gasteiger partial charge in [-0.2, -0.15) is 18.3 Å². The van der Waals surface area contributed by atoms with Crippen LogP contribution in [-0.4, -0.2) is 28.9 Å². The molecule has 0 fully saturated rings. The summed E-state index contributed by atoms with van der Waals surface area (Å²) in [4.78, 5) is 14.2. The fourth-order valence-electron chi connectivity index (χ4n) is 1.73. The van der Waals surface area contributed by atoms with Gasteiger partial charge in [0.2, 0.25) is 0 Å². The molecular weight excluding hydrogens is 534 g/mol. The number of halogens is 5. The minimum atomic E-state index is -4.44. The molecule has 26 heavy (non-hydrogen) atoms. The molecule has 0 atom stereocenters. The lowest BCUT2D eigenvalue weighted by atomic mass is 10.2. The number of hydrazone groups is 1. The van der Waals surface area contributed by atoms with E-state index in [1.807, 2.05) is 22.6 Å². The molecule has 0 radical (unpaired) electrons. The lowest BCUT2D eigenvalue weighted by molar-refractivity contribution is -0.139. The third-order valence-electron chi connectivity index (χ3n) is 2.84. The predicted molar refractivity (Wildman–Crippen MR) is 100 cm³/mol. The van der Waals surface area contributed by atoms with Gasteiger partial charge in [-0.05, 0) is 68.3 Å². The first-order valence-corrected chi connectivity index (χ1v) is 8.70. The average molecular weight is 544 g/mol.